The molecule has 23 heavy (non-hydrogen) atoms. The minimum atomic E-state index is -0.0938. The van der Waals surface area contributed by atoms with Gasteiger partial charge >= 0.3 is 0 Å². The van der Waals surface area contributed by atoms with Crippen LogP contribution in [0.5, 0.6) is 0 Å². The Balaban J connectivity index is 2.01. The van der Waals surface area contributed by atoms with Crippen molar-refractivity contribution in [3.63, 3.8) is 0 Å². The lowest BCUT2D eigenvalue weighted by Crippen LogP contribution is -2.50. The van der Waals surface area contributed by atoms with Gasteiger partial charge in [-0.3, -0.25) is 15.2 Å². The zero-order valence-corrected chi connectivity index (χ0v) is 14.0. The predicted molar refractivity (Wildman–Crippen MR) is 91.9 cm³/mol. The van der Waals surface area contributed by atoms with Crippen LogP contribution in [0.25, 0.3) is 0 Å². The normalized spacial score (nSPS) is 30.0. The Hall–Kier alpha value is -1.18. The zero-order chi connectivity index (χ0) is 16.8. The molecule has 0 bridgehead atoms. The van der Waals surface area contributed by atoms with Gasteiger partial charge in [0.05, 0.1) is 19.3 Å². The summed E-state index contributed by atoms with van der Waals surface area (Å²) in [4.78, 5) is 2.27. The van der Waals surface area contributed by atoms with E-state index < -0.39 is 0 Å². The van der Waals surface area contributed by atoms with Crippen molar-refractivity contribution in [3.8, 4) is 0 Å². The van der Waals surface area contributed by atoms with Gasteiger partial charge in [0.15, 0.2) is 0 Å². The fourth-order valence-electron chi connectivity index (χ4n) is 3.16. The van der Waals surface area contributed by atoms with E-state index in [1.807, 2.05) is 0 Å². The molecule has 1 heterocycles. The fraction of sp³-hybridized carbons (Fsp3) is 0.647. The van der Waals surface area contributed by atoms with Crippen LogP contribution >= 0.6 is 0 Å². The molecule has 3 atom stereocenters. The molecule has 0 amide bonds. The van der Waals surface area contributed by atoms with Crippen LogP contribution in [0.3, 0.4) is 0 Å². The maximum absolute atomic E-state index is 10.4. The third kappa shape index (κ3) is 4.89. The number of morpholine rings is 1. The highest BCUT2D eigenvalue weighted by Gasteiger charge is 2.26. The Morgan fingerprint density at radius 3 is 3.04 bits per heavy atom. The van der Waals surface area contributed by atoms with Crippen molar-refractivity contribution in [1.82, 2.24) is 9.96 Å². The first kappa shape index (κ1) is 18.2. The summed E-state index contributed by atoms with van der Waals surface area (Å²) in [5, 5.41) is 11.7. The van der Waals surface area contributed by atoms with Crippen LogP contribution < -0.4 is 11.5 Å². The maximum atomic E-state index is 10.4. The van der Waals surface area contributed by atoms with Crippen LogP contribution in [-0.2, 0) is 4.74 Å². The smallest absolute Gasteiger partial charge is 0.0744 e. The zero-order valence-electron chi connectivity index (χ0n) is 14.0. The molecule has 1 fully saturated rings. The maximum Gasteiger partial charge on any atom is 0.0744 e. The molecular formula is C17H30N4O2. The van der Waals surface area contributed by atoms with Gasteiger partial charge < -0.3 is 16.2 Å². The van der Waals surface area contributed by atoms with Crippen molar-refractivity contribution in [3.05, 3.63) is 36.1 Å². The average molecular weight is 322 g/mol. The lowest BCUT2D eigenvalue weighted by atomic mass is 9.91. The molecule has 2 aliphatic rings. The largest absolute Gasteiger partial charge is 0.378 e. The number of hydrogen-bond acceptors (Lipinski definition) is 6. The molecule has 2 rings (SSSR count). The second-order valence-corrected chi connectivity index (χ2v) is 6.44. The van der Waals surface area contributed by atoms with Gasteiger partial charge in [0.25, 0.3) is 0 Å². The van der Waals surface area contributed by atoms with Gasteiger partial charge in [-0.1, -0.05) is 24.3 Å². The number of hydrogen-bond donors (Lipinski definition) is 3. The monoisotopic (exact) mass is 322 g/mol. The van der Waals surface area contributed by atoms with E-state index in [0.29, 0.717) is 26.3 Å². The van der Waals surface area contributed by atoms with Crippen LogP contribution in [0.1, 0.15) is 19.8 Å². The lowest BCUT2D eigenvalue weighted by Gasteiger charge is -2.36. The summed E-state index contributed by atoms with van der Waals surface area (Å²) >= 11 is 0. The van der Waals surface area contributed by atoms with Crippen molar-refractivity contribution in [2.45, 2.75) is 37.9 Å². The predicted octanol–water partition coefficient (Wildman–Crippen LogP) is 0.843. The molecule has 0 aromatic carbocycles. The highest BCUT2D eigenvalue weighted by atomic mass is 16.5. The minimum Gasteiger partial charge on any atom is -0.378 e. The molecule has 1 aliphatic heterocycles. The van der Waals surface area contributed by atoms with Crippen molar-refractivity contribution >= 4 is 0 Å². The second-order valence-electron chi connectivity index (χ2n) is 6.44. The van der Waals surface area contributed by atoms with E-state index in [9.17, 15) is 5.21 Å². The first-order chi connectivity index (χ1) is 11.0. The number of nitrogens with zero attached hydrogens (tertiary/aromatic N) is 2. The summed E-state index contributed by atoms with van der Waals surface area (Å²) in [6, 6.07) is 0.0536. The summed E-state index contributed by atoms with van der Waals surface area (Å²) < 4.78 is 5.47. The molecule has 6 nitrogen and oxygen atoms in total. The van der Waals surface area contributed by atoms with Crippen molar-refractivity contribution in [2.24, 2.45) is 11.5 Å². The third-order valence-electron chi connectivity index (χ3n) is 4.67. The third-order valence-corrected chi connectivity index (χ3v) is 4.67. The van der Waals surface area contributed by atoms with E-state index in [4.69, 9.17) is 16.2 Å². The van der Waals surface area contributed by atoms with Crippen LogP contribution in [0.2, 0.25) is 0 Å². The van der Waals surface area contributed by atoms with Gasteiger partial charge in [-0.15, -0.1) is 0 Å². The van der Waals surface area contributed by atoms with Gasteiger partial charge in [-0.05, 0) is 25.3 Å². The average Bonchev–Trinajstić information content (AvgIpc) is 2.54. The van der Waals surface area contributed by atoms with E-state index in [-0.39, 0.29) is 18.1 Å². The Morgan fingerprint density at radius 2 is 2.39 bits per heavy atom. The Kier molecular flexibility index (Phi) is 6.80. The molecular weight excluding hydrogens is 292 g/mol. The molecule has 1 saturated heterocycles. The molecule has 0 aromatic rings. The molecule has 5 N–H and O–H groups in total. The highest BCUT2D eigenvalue weighted by molar-refractivity contribution is 5.19. The minimum absolute atomic E-state index is 0.0625. The number of hydroxylamine groups is 2. The van der Waals surface area contributed by atoms with E-state index in [1.54, 1.807) is 12.3 Å². The molecule has 0 radical (unpaired) electrons. The summed E-state index contributed by atoms with van der Waals surface area (Å²) in [7, 11) is 0. The standard InChI is InChI=1S/C17H30N4O2/c1-3-14(10-20-6-7-23-12-15(20)9-18)11-21(22)17-5-4-13(2)8-16(17)19/h3-4,11,15-17,22H,1,5-10,12,18-19H2,2H3/b14-11+. The molecule has 0 spiro atoms. The van der Waals surface area contributed by atoms with E-state index in [1.165, 1.54) is 10.6 Å². The van der Waals surface area contributed by atoms with Crippen molar-refractivity contribution < 1.29 is 9.94 Å². The van der Waals surface area contributed by atoms with Gasteiger partial charge in [-0.2, -0.15) is 0 Å². The van der Waals surface area contributed by atoms with E-state index in [2.05, 4.69) is 24.5 Å². The quantitative estimate of drug-likeness (QED) is 0.382. The molecule has 0 saturated carbocycles. The first-order valence-electron chi connectivity index (χ1n) is 8.28. The number of rotatable bonds is 6. The van der Waals surface area contributed by atoms with Crippen LogP contribution in [-0.4, -0.2) is 66.1 Å². The van der Waals surface area contributed by atoms with Crippen molar-refractivity contribution in [1.29, 1.82) is 0 Å². The van der Waals surface area contributed by atoms with E-state index >= 15 is 0 Å². The topological polar surface area (TPSA) is 88.0 Å². The lowest BCUT2D eigenvalue weighted by molar-refractivity contribution is -0.0874. The molecule has 130 valence electrons. The van der Waals surface area contributed by atoms with Crippen LogP contribution in [0, 0.1) is 0 Å². The van der Waals surface area contributed by atoms with Gasteiger partial charge in [-0.25, -0.2) is 0 Å². The molecule has 0 aromatic heterocycles. The van der Waals surface area contributed by atoms with Gasteiger partial charge in [0, 0.05) is 37.9 Å². The summed E-state index contributed by atoms with van der Waals surface area (Å²) in [6.07, 6.45) is 7.24. The molecule has 6 heteroatoms. The van der Waals surface area contributed by atoms with Crippen LogP contribution in [0.15, 0.2) is 36.1 Å². The summed E-state index contributed by atoms with van der Waals surface area (Å²) in [5.41, 5.74) is 14.2. The Labute approximate surface area is 139 Å². The van der Waals surface area contributed by atoms with Crippen molar-refractivity contribution in [2.75, 3.05) is 32.8 Å². The van der Waals surface area contributed by atoms with Crippen LogP contribution in [0.4, 0.5) is 0 Å². The highest BCUT2D eigenvalue weighted by Crippen LogP contribution is 2.21. The SMILES string of the molecule is C=C/C(=C\N(O)C1CC=C(C)CC1N)CN1CCOCC1CN. The Bertz CT molecular complexity index is 464. The first-order valence-corrected chi connectivity index (χ1v) is 8.28. The summed E-state index contributed by atoms with van der Waals surface area (Å²) in [5.74, 6) is 0. The summed E-state index contributed by atoms with van der Waals surface area (Å²) in [6.45, 7) is 9.40. The van der Waals surface area contributed by atoms with Gasteiger partial charge in [0.1, 0.15) is 0 Å². The van der Waals surface area contributed by atoms with Gasteiger partial charge in [0.2, 0.25) is 0 Å². The molecule has 3 unspecified atom stereocenters. The fourth-order valence-corrected chi connectivity index (χ4v) is 3.16. The second kappa shape index (κ2) is 8.61. The molecule has 1 aliphatic carbocycles. The number of ether oxygens (including phenoxy) is 1. The Morgan fingerprint density at radius 1 is 1.61 bits per heavy atom. The van der Waals surface area contributed by atoms with E-state index in [0.717, 1.165) is 25.0 Å². The number of nitrogens with two attached hydrogens (primary N) is 2.